The minimum Gasteiger partial charge on any atom is -0.339 e. The third kappa shape index (κ3) is 7.96. The Balaban J connectivity index is 2.00. The molecule has 0 saturated heterocycles. The zero-order valence-corrected chi connectivity index (χ0v) is 18.6. The Morgan fingerprint density at radius 1 is 1.03 bits per heavy atom. The molecule has 2 aromatic rings. The number of carbonyl (C=O) groups is 1. The van der Waals surface area contributed by atoms with E-state index in [-0.39, 0.29) is 22.3 Å². The van der Waals surface area contributed by atoms with Gasteiger partial charge in [-0.3, -0.25) is 4.79 Å². The van der Waals surface area contributed by atoms with E-state index in [4.69, 9.17) is 52.2 Å². The van der Waals surface area contributed by atoms with E-state index in [1.165, 1.54) is 24.3 Å². The number of amides is 1. The van der Waals surface area contributed by atoms with Crippen molar-refractivity contribution in [1.29, 1.82) is 0 Å². The van der Waals surface area contributed by atoms with Crippen LogP contribution in [0.15, 0.2) is 59.5 Å². The van der Waals surface area contributed by atoms with Crippen LogP contribution in [0.2, 0.25) is 0 Å². The lowest BCUT2D eigenvalue weighted by molar-refractivity contribution is -0.121. The zero-order chi connectivity index (χ0) is 21.7. The molecule has 0 fully saturated rings. The molecular formula is C17H17Cl3N4O3S2. The van der Waals surface area contributed by atoms with Gasteiger partial charge >= 0.3 is 0 Å². The van der Waals surface area contributed by atoms with Crippen LogP contribution in [-0.4, -0.2) is 29.4 Å². The second-order valence-electron chi connectivity index (χ2n) is 5.87. The molecule has 2 aromatic carbocycles. The normalized spacial score (nSPS) is 12.7. The van der Waals surface area contributed by atoms with Gasteiger partial charge in [-0.1, -0.05) is 65.1 Å². The van der Waals surface area contributed by atoms with Crippen LogP contribution >= 0.6 is 47.0 Å². The molecule has 1 amide bonds. The summed E-state index contributed by atoms with van der Waals surface area (Å²) in [6, 6.07) is 14.6. The summed E-state index contributed by atoms with van der Waals surface area (Å²) < 4.78 is 20.7. The molecule has 0 saturated carbocycles. The topological polar surface area (TPSA) is 113 Å². The average Bonchev–Trinajstić information content (AvgIpc) is 2.61. The van der Waals surface area contributed by atoms with Gasteiger partial charge in [0.15, 0.2) is 5.11 Å². The van der Waals surface area contributed by atoms with Crippen molar-refractivity contribution in [1.82, 2.24) is 10.6 Å². The summed E-state index contributed by atoms with van der Waals surface area (Å²) in [5.41, 5.74) is 1.26. The van der Waals surface area contributed by atoms with Crippen molar-refractivity contribution in [2.24, 2.45) is 5.14 Å². The molecule has 0 spiro atoms. The number of halogens is 3. The first-order valence-electron chi connectivity index (χ1n) is 8.05. The molecule has 0 radical (unpaired) electrons. The predicted molar refractivity (Wildman–Crippen MR) is 120 cm³/mol. The molecule has 5 N–H and O–H groups in total. The van der Waals surface area contributed by atoms with Crippen molar-refractivity contribution in [3.63, 3.8) is 0 Å². The number of benzene rings is 2. The van der Waals surface area contributed by atoms with E-state index < -0.39 is 20.0 Å². The molecule has 0 heterocycles. The SMILES string of the molecule is NS(=O)(=O)c1ccc(NC(=S)NC(NC(=O)Cc2ccccc2)C(Cl)(Cl)Cl)cc1. The van der Waals surface area contributed by atoms with Crippen LogP contribution in [0, 0.1) is 0 Å². The van der Waals surface area contributed by atoms with Crippen LogP contribution < -0.4 is 21.1 Å². The summed E-state index contributed by atoms with van der Waals surface area (Å²) in [4.78, 5) is 12.2. The number of primary sulfonamides is 1. The summed E-state index contributed by atoms with van der Waals surface area (Å²) in [5, 5.41) is 13.2. The number of hydrogen-bond acceptors (Lipinski definition) is 4. The number of nitrogens with one attached hydrogen (secondary N) is 3. The standard InChI is InChI=1S/C17H17Cl3N4O3S2/c18-17(19,20)15(23-14(25)10-11-4-2-1-3-5-11)24-16(28)22-12-6-8-13(9-7-12)29(21,26)27/h1-9,15H,10H2,(H,23,25)(H2,21,26,27)(H2,22,24,28). The van der Waals surface area contributed by atoms with Crippen molar-refractivity contribution in [2.45, 2.75) is 21.3 Å². The quantitative estimate of drug-likeness (QED) is 0.278. The van der Waals surface area contributed by atoms with Gasteiger partial charge in [0, 0.05) is 5.69 Å². The summed E-state index contributed by atoms with van der Waals surface area (Å²) in [5.74, 6) is -0.375. The van der Waals surface area contributed by atoms with Crippen LogP contribution in [0.3, 0.4) is 0 Å². The molecule has 0 aliphatic carbocycles. The molecule has 2 rings (SSSR count). The number of anilines is 1. The maximum Gasteiger partial charge on any atom is 0.238 e. The molecule has 0 aromatic heterocycles. The summed E-state index contributed by atoms with van der Waals surface area (Å²) in [6.45, 7) is 0. The van der Waals surface area contributed by atoms with Gasteiger partial charge in [0.1, 0.15) is 6.17 Å². The van der Waals surface area contributed by atoms with Crippen LogP contribution in [0.4, 0.5) is 5.69 Å². The number of hydrogen-bond donors (Lipinski definition) is 4. The van der Waals surface area contributed by atoms with Gasteiger partial charge in [-0.2, -0.15) is 0 Å². The monoisotopic (exact) mass is 494 g/mol. The first kappa shape index (κ1) is 23.7. The van der Waals surface area contributed by atoms with Gasteiger partial charge in [0.2, 0.25) is 19.7 Å². The minimum atomic E-state index is -3.80. The molecule has 12 heteroatoms. The molecular weight excluding hydrogens is 479 g/mol. The minimum absolute atomic E-state index is 0.0460. The third-order valence-electron chi connectivity index (χ3n) is 3.56. The number of alkyl halides is 3. The second-order valence-corrected chi connectivity index (χ2v) is 10.2. The number of carbonyl (C=O) groups excluding carboxylic acids is 1. The highest BCUT2D eigenvalue weighted by Gasteiger charge is 2.34. The van der Waals surface area contributed by atoms with E-state index in [1.807, 2.05) is 18.2 Å². The lowest BCUT2D eigenvalue weighted by Crippen LogP contribution is -2.56. The van der Waals surface area contributed by atoms with Crippen LogP contribution in [-0.2, 0) is 21.2 Å². The van der Waals surface area contributed by atoms with Crippen molar-refractivity contribution >= 4 is 73.8 Å². The number of thiocarbonyl (C=S) groups is 1. The third-order valence-corrected chi connectivity index (χ3v) is 5.36. The first-order chi connectivity index (χ1) is 13.4. The Morgan fingerprint density at radius 3 is 2.14 bits per heavy atom. The van der Waals surface area contributed by atoms with Gasteiger partial charge < -0.3 is 16.0 Å². The fraction of sp³-hybridized carbons (Fsp3) is 0.176. The molecule has 0 bridgehead atoms. The molecule has 0 aliphatic rings. The van der Waals surface area contributed by atoms with Gasteiger partial charge in [-0.05, 0) is 42.0 Å². The smallest absolute Gasteiger partial charge is 0.238 e. The lowest BCUT2D eigenvalue weighted by atomic mass is 10.1. The highest BCUT2D eigenvalue weighted by atomic mass is 35.6. The van der Waals surface area contributed by atoms with Crippen molar-refractivity contribution in [2.75, 3.05) is 5.32 Å². The van der Waals surface area contributed by atoms with Gasteiger partial charge in [0.05, 0.1) is 11.3 Å². The molecule has 1 atom stereocenters. The molecule has 7 nitrogen and oxygen atoms in total. The molecule has 1 unspecified atom stereocenters. The highest BCUT2D eigenvalue weighted by molar-refractivity contribution is 7.89. The molecule has 156 valence electrons. The van der Waals surface area contributed by atoms with Crippen LogP contribution in [0.5, 0.6) is 0 Å². The van der Waals surface area contributed by atoms with Gasteiger partial charge in [-0.15, -0.1) is 0 Å². The van der Waals surface area contributed by atoms with Crippen LogP contribution in [0.25, 0.3) is 0 Å². The number of rotatable bonds is 6. The van der Waals surface area contributed by atoms with E-state index in [1.54, 1.807) is 12.1 Å². The van der Waals surface area contributed by atoms with Crippen molar-refractivity contribution < 1.29 is 13.2 Å². The predicted octanol–water partition coefficient (Wildman–Crippen LogP) is 2.68. The first-order valence-corrected chi connectivity index (χ1v) is 11.1. The van der Waals surface area contributed by atoms with E-state index >= 15 is 0 Å². The fourth-order valence-electron chi connectivity index (χ4n) is 2.22. The van der Waals surface area contributed by atoms with Gasteiger partial charge in [-0.25, -0.2) is 13.6 Å². The average molecular weight is 496 g/mol. The van der Waals surface area contributed by atoms with E-state index in [0.29, 0.717) is 5.69 Å². The molecule has 0 aliphatic heterocycles. The summed E-state index contributed by atoms with van der Waals surface area (Å²) in [6.07, 6.45) is -1.03. The Bertz CT molecular complexity index is 966. The van der Waals surface area contributed by atoms with Gasteiger partial charge in [0.25, 0.3) is 0 Å². The highest BCUT2D eigenvalue weighted by Crippen LogP contribution is 2.29. The Morgan fingerprint density at radius 2 is 1.62 bits per heavy atom. The Hall–Kier alpha value is -1.62. The van der Waals surface area contributed by atoms with E-state index in [2.05, 4.69) is 16.0 Å². The Labute approximate surface area is 188 Å². The van der Waals surface area contributed by atoms with E-state index in [0.717, 1.165) is 5.56 Å². The fourth-order valence-corrected chi connectivity index (χ4v) is 3.30. The lowest BCUT2D eigenvalue weighted by Gasteiger charge is -2.27. The van der Waals surface area contributed by atoms with Crippen LogP contribution in [0.1, 0.15) is 5.56 Å². The van der Waals surface area contributed by atoms with E-state index in [9.17, 15) is 13.2 Å². The summed E-state index contributed by atoms with van der Waals surface area (Å²) in [7, 11) is -3.80. The number of sulfonamides is 1. The zero-order valence-electron chi connectivity index (χ0n) is 14.7. The Kier molecular flexibility index (Phi) is 8.10. The largest absolute Gasteiger partial charge is 0.339 e. The number of nitrogens with two attached hydrogens (primary N) is 1. The second kappa shape index (κ2) is 9.92. The van der Waals surface area contributed by atoms with Crippen molar-refractivity contribution in [3.05, 3.63) is 60.2 Å². The maximum atomic E-state index is 12.3. The van der Waals surface area contributed by atoms with Crippen molar-refractivity contribution in [3.8, 4) is 0 Å². The maximum absolute atomic E-state index is 12.3. The summed E-state index contributed by atoms with van der Waals surface area (Å²) >= 11 is 23.0. The molecule has 29 heavy (non-hydrogen) atoms.